The Hall–Kier alpha value is -4.86. The molecule has 2 aliphatic rings. The fraction of sp³-hybridized carbons (Fsp3) is 0.267. The Balaban J connectivity index is 1.45. The molecule has 206 valence electrons. The molecule has 4 rings (SSSR count). The number of carbonyl (C=O) groups excluding carboxylic acids is 6. The van der Waals surface area contributed by atoms with E-state index < -0.39 is 35.6 Å². The monoisotopic (exact) mass is 544 g/mol. The zero-order valence-electron chi connectivity index (χ0n) is 21.8. The molecule has 2 aromatic rings. The summed E-state index contributed by atoms with van der Waals surface area (Å²) in [7, 11) is 0. The predicted molar refractivity (Wildman–Crippen MR) is 143 cm³/mol. The molecule has 4 amide bonds. The van der Waals surface area contributed by atoms with Gasteiger partial charge in [-0.15, -0.1) is 0 Å². The van der Waals surface area contributed by atoms with Crippen LogP contribution in [0, 0.1) is 0 Å². The normalized spacial score (nSPS) is 13.3. The molecular weight excluding hydrogens is 516 g/mol. The third-order valence-electron chi connectivity index (χ3n) is 6.73. The molecule has 2 N–H and O–H groups in total. The maximum Gasteiger partial charge on any atom is 0.338 e. The quantitative estimate of drug-likeness (QED) is 0.169. The van der Waals surface area contributed by atoms with Crippen LogP contribution in [0.15, 0.2) is 49.6 Å². The van der Waals surface area contributed by atoms with Crippen molar-refractivity contribution in [3.8, 4) is 0 Å². The van der Waals surface area contributed by atoms with Gasteiger partial charge in [0.1, 0.15) is 13.2 Å². The SMILES string of the molecule is C=CCOC(=O)c1ccc2c(c1CCCCCCc1c(C(=O)OCC=C)ccc3c1C(=O)NC3=O)C(=O)NC2=O. The minimum atomic E-state index is -0.605. The number of unbranched alkanes of at least 4 members (excludes halogenated alkanes) is 3. The zero-order chi connectivity index (χ0) is 28.8. The topological polar surface area (TPSA) is 145 Å². The lowest BCUT2D eigenvalue weighted by atomic mass is 9.91. The van der Waals surface area contributed by atoms with E-state index in [0.717, 1.165) is 0 Å². The summed E-state index contributed by atoms with van der Waals surface area (Å²) in [5, 5.41) is 4.54. The maximum absolute atomic E-state index is 12.6. The third-order valence-corrected chi connectivity index (χ3v) is 6.73. The van der Waals surface area contributed by atoms with Gasteiger partial charge >= 0.3 is 11.9 Å². The molecule has 2 aromatic carbocycles. The molecule has 0 atom stereocenters. The Labute approximate surface area is 230 Å². The first-order valence-electron chi connectivity index (χ1n) is 12.9. The van der Waals surface area contributed by atoms with Crippen molar-refractivity contribution in [2.24, 2.45) is 0 Å². The standard InChI is InChI=1S/C30H28N2O8/c1-3-15-39-29(37)19-11-13-21-23(27(35)31-25(21)33)17(19)9-7-5-6-8-10-18-20(30(38)40-16-4-2)12-14-22-24(18)28(36)32-26(22)34/h3-4,11-14H,1-2,5-10,15-16H2,(H,31,33,35)(H,32,34,36). The molecular formula is C30H28N2O8. The Morgan fingerprint density at radius 3 is 1.40 bits per heavy atom. The first kappa shape index (κ1) is 28.2. The first-order valence-corrected chi connectivity index (χ1v) is 12.9. The average molecular weight is 545 g/mol. The van der Waals surface area contributed by atoms with E-state index in [4.69, 9.17) is 9.47 Å². The van der Waals surface area contributed by atoms with Crippen molar-refractivity contribution in [1.29, 1.82) is 0 Å². The predicted octanol–water partition coefficient (Wildman–Crippen LogP) is 3.49. The highest BCUT2D eigenvalue weighted by Crippen LogP contribution is 2.28. The molecule has 0 aliphatic carbocycles. The Morgan fingerprint density at radius 1 is 0.625 bits per heavy atom. The van der Waals surface area contributed by atoms with E-state index >= 15 is 0 Å². The molecule has 40 heavy (non-hydrogen) atoms. The number of hydrogen-bond donors (Lipinski definition) is 2. The van der Waals surface area contributed by atoms with Crippen molar-refractivity contribution in [3.05, 3.63) is 94.1 Å². The van der Waals surface area contributed by atoms with E-state index in [1.54, 1.807) is 0 Å². The molecule has 2 heterocycles. The second-order valence-corrected chi connectivity index (χ2v) is 9.28. The van der Waals surface area contributed by atoms with Gasteiger partial charge in [0, 0.05) is 0 Å². The second-order valence-electron chi connectivity index (χ2n) is 9.28. The lowest BCUT2D eigenvalue weighted by molar-refractivity contribution is 0.0539. The third kappa shape index (κ3) is 5.61. The Bertz CT molecular complexity index is 1350. The maximum atomic E-state index is 12.6. The molecule has 0 unspecified atom stereocenters. The number of carbonyl (C=O) groups is 6. The van der Waals surface area contributed by atoms with Crippen LogP contribution in [0.1, 0.15) is 99.0 Å². The van der Waals surface area contributed by atoms with Gasteiger partial charge in [0.25, 0.3) is 23.6 Å². The van der Waals surface area contributed by atoms with Crippen LogP contribution in [0.3, 0.4) is 0 Å². The number of rotatable bonds is 13. The van der Waals surface area contributed by atoms with Crippen molar-refractivity contribution < 1.29 is 38.2 Å². The molecule has 0 aromatic heterocycles. The number of ether oxygens (including phenoxy) is 2. The molecule has 10 heteroatoms. The summed E-state index contributed by atoms with van der Waals surface area (Å²) < 4.78 is 10.3. The molecule has 0 radical (unpaired) electrons. The van der Waals surface area contributed by atoms with E-state index in [2.05, 4.69) is 23.8 Å². The van der Waals surface area contributed by atoms with Crippen molar-refractivity contribution in [3.63, 3.8) is 0 Å². The van der Waals surface area contributed by atoms with Crippen LogP contribution in [-0.2, 0) is 22.3 Å². The molecule has 0 saturated carbocycles. The van der Waals surface area contributed by atoms with Crippen LogP contribution in [0.4, 0.5) is 0 Å². The van der Waals surface area contributed by atoms with Gasteiger partial charge < -0.3 is 9.47 Å². The lowest BCUT2D eigenvalue weighted by Gasteiger charge is -2.13. The fourth-order valence-electron chi connectivity index (χ4n) is 4.94. The summed E-state index contributed by atoms with van der Waals surface area (Å²) in [4.78, 5) is 74.5. The largest absolute Gasteiger partial charge is 0.458 e. The summed E-state index contributed by atoms with van der Waals surface area (Å²) in [5.74, 6) is -3.32. The van der Waals surface area contributed by atoms with Gasteiger partial charge in [0.15, 0.2) is 0 Å². The van der Waals surface area contributed by atoms with Crippen molar-refractivity contribution in [1.82, 2.24) is 10.6 Å². The van der Waals surface area contributed by atoms with Crippen LogP contribution < -0.4 is 10.6 Å². The van der Waals surface area contributed by atoms with Crippen molar-refractivity contribution in [2.45, 2.75) is 38.5 Å². The number of nitrogens with one attached hydrogen (secondary N) is 2. The van der Waals surface area contributed by atoms with Crippen LogP contribution in [-0.4, -0.2) is 48.8 Å². The molecule has 10 nitrogen and oxygen atoms in total. The van der Waals surface area contributed by atoms with Crippen LogP contribution in [0.2, 0.25) is 0 Å². The highest BCUT2D eigenvalue weighted by Gasteiger charge is 2.33. The van der Waals surface area contributed by atoms with Gasteiger partial charge in [-0.05, 0) is 61.1 Å². The number of benzene rings is 2. The summed E-state index contributed by atoms with van der Waals surface area (Å²) in [5.41, 5.74) is 2.19. The van der Waals surface area contributed by atoms with Crippen LogP contribution in [0.5, 0.6) is 0 Å². The Morgan fingerprint density at radius 2 is 1.02 bits per heavy atom. The minimum absolute atomic E-state index is 0.0103. The summed E-state index contributed by atoms with van der Waals surface area (Å²) in [6, 6.07) is 5.88. The highest BCUT2D eigenvalue weighted by molar-refractivity contribution is 6.23. The van der Waals surface area contributed by atoms with Gasteiger partial charge in [-0.25, -0.2) is 9.59 Å². The zero-order valence-corrected chi connectivity index (χ0v) is 21.8. The molecule has 0 spiro atoms. The fourth-order valence-corrected chi connectivity index (χ4v) is 4.94. The van der Waals surface area contributed by atoms with E-state index in [1.807, 2.05) is 0 Å². The molecule has 0 saturated heterocycles. The molecule has 2 aliphatic heterocycles. The highest BCUT2D eigenvalue weighted by atomic mass is 16.5. The van der Waals surface area contributed by atoms with Crippen molar-refractivity contribution in [2.75, 3.05) is 13.2 Å². The average Bonchev–Trinajstić information content (AvgIpc) is 3.40. The second kappa shape index (κ2) is 12.3. The minimum Gasteiger partial charge on any atom is -0.458 e. The number of esters is 2. The smallest absolute Gasteiger partial charge is 0.338 e. The number of imide groups is 2. The number of amides is 4. The van der Waals surface area contributed by atoms with Crippen LogP contribution >= 0.6 is 0 Å². The van der Waals surface area contributed by atoms with Gasteiger partial charge in [-0.3, -0.25) is 29.8 Å². The van der Waals surface area contributed by atoms with E-state index in [1.165, 1.54) is 36.4 Å². The summed E-state index contributed by atoms with van der Waals surface area (Å²) in [6.45, 7) is 7.08. The van der Waals surface area contributed by atoms with E-state index in [0.29, 0.717) is 49.7 Å². The number of hydrogen-bond acceptors (Lipinski definition) is 8. The van der Waals surface area contributed by atoms with Crippen molar-refractivity contribution >= 4 is 35.6 Å². The summed E-state index contributed by atoms with van der Waals surface area (Å²) in [6.07, 6.45) is 6.17. The van der Waals surface area contributed by atoms with Gasteiger partial charge in [-0.2, -0.15) is 0 Å². The molecule has 0 bridgehead atoms. The Kier molecular flexibility index (Phi) is 8.68. The first-order chi connectivity index (χ1) is 19.3. The number of fused-ring (bicyclic) bond motifs is 2. The van der Waals surface area contributed by atoms with Gasteiger partial charge in [-0.1, -0.05) is 38.2 Å². The van der Waals surface area contributed by atoms with E-state index in [-0.39, 0.29) is 46.6 Å². The lowest BCUT2D eigenvalue weighted by Crippen LogP contribution is -2.20. The van der Waals surface area contributed by atoms with Crippen LogP contribution in [0.25, 0.3) is 0 Å². The van der Waals surface area contributed by atoms with Gasteiger partial charge in [0.2, 0.25) is 0 Å². The molecule has 0 fully saturated rings. The van der Waals surface area contributed by atoms with Gasteiger partial charge in [0.05, 0.1) is 33.4 Å². The summed E-state index contributed by atoms with van der Waals surface area (Å²) >= 11 is 0. The van der Waals surface area contributed by atoms with E-state index in [9.17, 15) is 28.8 Å².